The van der Waals surface area contributed by atoms with Crippen LogP contribution in [-0.4, -0.2) is 36.6 Å². The molecule has 0 fully saturated rings. The Morgan fingerprint density at radius 2 is 1.96 bits per heavy atom. The Morgan fingerprint density at radius 1 is 1.22 bits per heavy atom. The smallest absolute Gasteiger partial charge is 0.252 e. The Morgan fingerprint density at radius 3 is 2.57 bits per heavy atom. The van der Waals surface area contributed by atoms with Crippen LogP contribution in [0.25, 0.3) is 0 Å². The molecule has 0 aliphatic rings. The zero-order valence-electron chi connectivity index (χ0n) is 13.2. The summed E-state index contributed by atoms with van der Waals surface area (Å²) in [5, 5.41) is 6.42. The van der Waals surface area contributed by atoms with E-state index in [4.69, 9.17) is 0 Å². The van der Waals surface area contributed by atoms with Crippen LogP contribution < -0.4 is 5.32 Å². The predicted octanol–water partition coefficient (Wildman–Crippen LogP) is 3.25. The summed E-state index contributed by atoms with van der Waals surface area (Å²) in [6.07, 6.45) is 2.34. The maximum absolute atomic E-state index is 12.1. The first-order chi connectivity index (χ1) is 11.1. The molecule has 1 N–H and O–H groups in total. The van der Waals surface area contributed by atoms with Gasteiger partial charge in [0, 0.05) is 42.4 Å². The standard InChI is InChI=1S/C17H20N2O2S2/c1-19(11-13-3-5-15(22-2)6-4-13)16(20)7-9-18-17(21)14-8-10-23-12-14/h3-6,8,10,12H,7,9,11H2,1-2H3,(H,18,21). The van der Waals surface area contributed by atoms with Crippen LogP contribution >= 0.6 is 23.1 Å². The van der Waals surface area contributed by atoms with Gasteiger partial charge in [0.1, 0.15) is 0 Å². The maximum atomic E-state index is 12.1. The zero-order chi connectivity index (χ0) is 16.7. The first-order valence-electron chi connectivity index (χ1n) is 7.27. The number of benzene rings is 1. The second-order valence-corrected chi connectivity index (χ2v) is 6.78. The van der Waals surface area contributed by atoms with Crippen molar-refractivity contribution in [3.8, 4) is 0 Å². The lowest BCUT2D eigenvalue weighted by Gasteiger charge is -2.17. The molecule has 0 saturated heterocycles. The molecule has 122 valence electrons. The van der Waals surface area contributed by atoms with Gasteiger partial charge in [-0.25, -0.2) is 0 Å². The molecule has 2 rings (SSSR count). The van der Waals surface area contributed by atoms with Crippen LogP contribution in [0.5, 0.6) is 0 Å². The largest absolute Gasteiger partial charge is 0.351 e. The average molecular weight is 348 g/mol. The molecule has 0 radical (unpaired) electrons. The van der Waals surface area contributed by atoms with Crippen molar-refractivity contribution in [1.29, 1.82) is 0 Å². The number of thioether (sulfide) groups is 1. The molecule has 0 spiro atoms. The molecule has 0 aliphatic heterocycles. The molecule has 0 bridgehead atoms. The van der Waals surface area contributed by atoms with E-state index < -0.39 is 0 Å². The van der Waals surface area contributed by atoms with Gasteiger partial charge in [0.25, 0.3) is 5.91 Å². The van der Waals surface area contributed by atoms with Crippen molar-refractivity contribution >= 4 is 34.9 Å². The molecule has 4 nitrogen and oxygen atoms in total. The number of amides is 2. The van der Waals surface area contributed by atoms with Gasteiger partial charge in [-0.1, -0.05) is 12.1 Å². The van der Waals surface area contributed by atoms with Crippen molar-refractivity contribution in [2.45, 2.75) is 17.9 Å². The predicted molar refractivity (Wildman–Crippen MR) is 96.0 cm³/mol. The fourth-order valence-corrected chi connectivity index (χ4v) is 3.11. The molecule has 1 heterocycles. The minimum absolute atomic E-state index is 0.0181. The third-order valence-electron chi connectivity index (χ3n) is 3.41. The topological polar surface area (TPSA) is 49.4 Å². The van der Waals surface area contributed by atoms with Gasteiger partial charge in [0.05, 0.1) is 0 Å². The number of hydrogen-bond acceptors (Lipinski definition) is 4. The highest BCUT2D eigenvalue weighted by Gasteiger charge is 2.11. The number of thiophene rings is 1. The van der Waals surface area contributed by atoms with Crippen molar-refractivity contribution in [2.24, 2.45) is 0 Å². The third-order valence-corrected chi connectivity index (χ3v) is 4.84. The minimum atomic E-state index is -0.130. The van der Waals surface area contributed by atoms with Gasteiger partial charge < -0.3 is 10.2 Å². The highest BCUT2D eigenvalue weighted by Crippen LogP contribution is 2.15. The van der Waals surface area contributed by atoms with Gasteiger partial charge in [0.2, 0.25) is 5.91 Å². The van der Waals surface area contributed by atoms with Crippen molar-refractivity contribution < 1.29 is 9.59 Å². The van der Waals surface area contributed by atoms with E-state index in [9.17, 15) is 9.59 Å². The number of hydrogen-bond donors (Lipinski definition) is 1. The molecule has 0 unspecified atom stereocenters. The fourth-order valence-electron chi connectivity index (χ4n) is 2.06. The average Bonchev–Trinajstić information content (AvgIpc) is 3.10. The summed E-state index contributed by atoms with van der Waals surface area (Å²) in [5.41, 5.74) is 1.74. The fraction of sp³-hybridized carbons (Fsp3) is 0.294. The summed E-state index contributed by atoms with van der Waals surface area (Å²) in [6.45, 7) is 0.926. The van der Waals surface area contributed by atoms with Crippen LogP contribution in [0.1, 0.15) is 22.3 Å². The van der Waals surface area contributed by atoms with Crippen molar-refractivity contribution in [2.75, 3.05) is 19.8 Å². The lowest BCUT2D eigenvalue weighted by atomic mass is 10.2. The lowest BCUT2D eigenvalue weighted by Crippen LogP contribution is -2.31. The van der Waals surface area contributed by atoms with Crippen LogP contribution in [0.4, 0.5) is 0 Å². The quantitative estimate of drug-likeness (QED) is 0.782. The molecular weight excluding hydrogens is 328 g/mol. The number of carbonyl (C=O) groups is 2. The van der Waals surface area contributed by atoms with Gasteiger partial charge in [-0.2, -0.15) is 11.3 Å². The van der Waals surface area contributed by atoms with Gasteiger partial charge in [-0.3, -0.25) is 9.59 Å². The van der Waals surface area contributed by atoms with Crippen LogP contribution in [0.3, 0.4) is 0 Å². The second kappa shape index (κ2) is 8.74. The van der Waals surface area contributed by atoms with Gasteiger partial charge >= 0.3 is 0 Å². The summed E-state index contributed by atoms with van der Waals surface area (Å²) < 4.78 is 0. The summed E-state index contributed by atoms with van der Waals surface area (Å²) in [6, 6.07) is 9.95. The van der Waals surface area contributed by atoms with E-state index in [0.717, 1.165) is 5.56 Å². The van der Waals surface area contributed by atoms with Gasteiger partial charge in [-0.15, -0.1) is 11.8 Å². The molecular formula is C17H20N2O2S2. The van der Waals surface area contributed by atoms with Crippen LogP contribution in [-0.2, 0) is 11.3 Å². The van der Waals surface area contributed by atoms with Gasteiger partial charge in [0.15, 0.2) is 0 Å². The molecule has 1 aromatic heterocycles. The molecule has 0 saturated carbocycles. The Hall–Kier alpha value is -1.79. The SMILES string of the molecule is CSc1ccc(CN(C)C(=O)CCNC(=O)c2ccsc2)cc1. The molecule has 6 heteroatoms. The molecule has 1 aromatic carbocycles. The monoisotopic (exact) mass is 348 g/mol. The number of nitrogens with zero attached hydrogens (tertiary/aromatic N) is 1. The molecule has 2 aromatic rings. The van der Waals surface area contributed by atoms with E-state index in [1.165, 1.54) is 16.2 Å². The van der Waals surface area contributed by atoms with E-state index in [-0.39, 0.29) is 11.8 Å². The van der Waals surface area contributed by atoms with Gasteiger partial charge in [-0.05, 0) is 35.4 Å². The summed E-state index contributed by atoms with van der Waals surface area (Å²) in [4.78, 5) is 26.8. The summed E-state index contributed by atoms with van der Waals surface area (Å²) >= 11 is 3.17. The summed E-state index contributed by atoms with van der Waals surface area (Å²) in [5.74, 6) is -0.112. The maximum Gasteiger partial charge on any atom is 0.252 e. The number of rotatable bonds is 7. The summed E-state index contributed by atoms with van der Waals surface area (Å²) in [7, 11) is 1.78. The van der Waals surface area contributed by atoms with Crippen molar-refractivity contribution in [3.63, 3.8) is 0 Å². The number of carbonyl (C=O) groups excluding carboxylic acids is 2. The van der Waals surface area contributed by atoms with E-state index in [2.05, 4.69) is 17.4 Å². The van der Waals surface area contributed by atoms with E-state index >= 15 is 0 Å². The van der Waals surface area contributed by atoms with E-state index in [1.54, 1.807) is 35.2 Å². The molecule has 2 amide bonds. The Kier molecular flexibility index (Phi) is 6.67. The van der Waals surface area contributed by atoms with Crippen LogP contribution in [0, 0.1) is 0 Å². The minimum Gasteiger partial charge on any atom is -0.351 e. The Bertz CT molecular complexity index is 639. The highest BCUT2D eigenvalue weighted by atomic mass is 32.2. The highest BCUT2D eigenvalue weighted by molar-refractivity contribution is 7.98. The normalized spacial score (nSPS) is 10.3. The van der Waals surface area contributed by atoms with E-state index in [1.807, 2.05) is 23.8 Å². The molecule has 23 heavy (non-hydrogen) atoms. The molecule has 0 aliphatic carbocycles. The Labute approximate surface area is 144 Å². The van der Waals surface area contributed by atoms with E-state index in [0.29, 0.717) is 25.1 Å². The second-order valence-electron chi connectivity index (χ2n) is 5.12. The van der Waals surface area contributed by atoms with Crippen molar-refractivity contribution in [3.05, 3.63) is 52.2 Å². The van der Waals surface area contributed by atoms with Crippen molar-refractivity contribution in [1.82, 2.24) is 10.2 Å². The lowest BCUT2D eigenvalue weighted by molar-refractivity contribution is -0.130. The first-order valence-corrected chi connectivity index (χ1v) is 9.44. The van der Waals surface area contributed by atoms with Crippen LogP contribution in [0.15, 0.2) is 46.0 Å². The Balaban J connectivity index is 1.75. The first kappa shape index (κ1) is 17.6. The molecule has 0 atom stereocenters. The third kappa shape index (κ3) is 5.41. The zero-order valence-corrected chi connectivity index (χ0v) is 14.9. The van der Waals surface area contributed by atoms with Crippen LogP contribution in [0.2, 0.25) is 0 Å². The number of nitrogens with one attached hydrogen (secondary N) is 1.